The Morgan fingerprint density at radius 1 is 1.06 bits per heavy atom. The molecule has 0 radical (unpaired) electrons. The summed E-state index contributed by atoms with van der Waals surface area (Å²) in [5.74, 6) is -0.0353. The maximum atomic E-state index is 12.3. The maximum Gasteiger partial charge on any atom is 0.405 e. The van der Waals surface area contributed by atoms with Gasteiger partial charge in [0.25, 0.3) is 0 Å². The molecule has 0 aliphatic carbocycles. The van der Waals surface area contributed by atoms with Gasteiger partial charge in [0.05, 0.1) is 6.04 Å². The fraction of sp³-hybridized carbons (Fsp3) is 0.462. The molecule has 4 rings (SSSR count). The fourth-order valence-corrected chi connectivity index (χ4v) is 5.10. The second-order valence-corrected chi connectivity index (χ2v) is 9.17. The van der Waals surface area contributed by atoms with Crippen molar-refractivity contribution in [3.63, 3.8) is 0 Å². The lowest BCUT2D eigenvalue weighted by molar-refractivity contribution is -0.117. The minimum atomic E-state index is -1.05. The number of rotatable bonds is 7. The Morgan fingerprint density at radius 2 is 1.76 bits per heavy atom. The lowest BCUT2D eigenvalue weighted by Gasteiger charge is -2.39. The summed E-state index contributed by atoms with van der Waals surface area (Å²) in [6.45, 7) is 8.90. The largest absolute Gasteiger partial charge is 0.465 e. The summed E-state index contributed by atoms with van der Waals surface area (Å²) >= 11 is 0. The molecular formula is C26H34N4O3. The van der Waals surface area contributed by atoms with E-state index in [1.807, 2.05) is 25.1 Å². The molecule has 0 saturated carbocycles. The Kier molecular flexibility index (Phi) is 7.30. The minimum Gasteiger partial charge on any atom is -0.465 e. The van der Waals surface area contributed by atoms with E-state index < -0.39 is 6.09 Å². The molecule has 1 fully saturated rings. The molecular weight excluding hydrogens is 416 g/mol. The first-order chi connectivity index (χ1) is 15.9. The molecule has 7 heteroatoms. The number of nitrogens with zero attached hydrogens (tertiary/aromatic N) is 2. The molecule has 33 heavy (non-hydrogen) atoms. The van der Waals surface area contributed by atoms with Gasteiger partial charge in [-0.1, -0.05) is 30.3 Å². The van der Waals surface area contributed by atoms with Crippen LogP contribution in [0.5, 0.6) is 0 Å². The van der Waals surface area contributed by atoms with Gasteiger partial charge in [-0.3, -0.25) is 4.79 Å². The molecule has 2 amide bonds. The lowest BCUT2D eigenvalue weighted by atomic mass is 9.89. The van der Waals surface area contributed by atoms with Crippen molar-refractivity contribution in [1.29, 1.82) is 0 Å². The van der Waals surface area contributed by atoms with Crippen molar-refractivity contribution in [1.82, 2.24) is 15.5 Å². The maximum absolute atomic E-state index is 12.3. The van der Waals surface area contributed by atoms with Crippen LogP contribution in [0.15, 0.2) is 42.5 Å². The summed E-state index contributed by atoms with van der Waals surface area (Å²) in [6.07, 6.45) is 2.14. The molecule has 0 bridgehead atoms. The van der Waals surface area contributed by atoms with Crippen LogP contribution in [-0.4, -0.2) is 54.2 Å². The monoisotopic (exact) mass is 450 g/mol. The van der Waals surface area contributed by atoms with Crippen molar-refractivity contribution in [3.05, 3.63) is 53.6 Å². The van der Waals surface area contributed by atoms with Crippen molar-refractivity contribution < 1.29 is 14.7 Å². The second-order valence-electron chi connectivity index (χ2n) is 9.17. The van der Waals surface area contributed by atoms with Crippen LogP contribution < -0.4 is 15.5 Å². The average molecular weight is 451 g/mol. The average Bonchev–Trinajstić information content (AvgIpc) is 3.30. The van der Waals surface area contributed by atoms with Crippen molar-refractivity contribution >= 4 is 17.7 Å². The predicted molar refractivity (Wildman–Crippen MR) is 130 cm³/mol. The van der Waals surface area contributed by atoms with E-state index in [9.17, 15) is 14.7 Å². The zero-order chi connectivity index (χ0) is 23.4. The van der Waals surface area contributed by atoms with E-state index >= 15 is 0 Å². The van der Waals surface area contributed by atoms with Crippen molar-refractivity contribution in [3.8, 4) is 11.1 Å². The molecule has 2 aliphatic heterocycles. The number of fused-ring (bicyclic) bond motifs is 1. The molecule has 1 saturated heterocycles. The first kappa shape index (κ1) is 23.3. The normalized spacial score (nSPS) is 20.5. The summed E-state index contributed by atoms with van der Waals surface area (Å²) in [6, 6.07) is 14.0. The molecule has 2 heterocycles. The van der Waals surface area contributed by atoms with Crippen molar-refractivity contribution in [2.24, 2.45) is 0 Å². The van der Waals surface area contributed by atoms with E-state index in [-0.39, 0.29) is 18.0 Å². The van der Waals surface area contributed by atoms with Gasteiger partial charge in [0.2, 0.25) is 5.91 Å². The molecule has 2 aromatic carbocycles. The van der Waals surface area contributed by atoms with E-state index in [1.165, 1.54) is 31.5 Å². The summed E-state index contributed by atoms with van der Waals surface area (Å²) in [4.78, 5) is 27.9. The number of carboxylic acid groups (broad SMARTS) is 1. The smallest absolute Gasteiger partial charge is 0.405 e. The van der Waals surface area contributed by atoms with E-state index in [1.54, 1.807) is 11.8 Å². The number of carbonyl (C=O) groups is 2. The Bertz CT molecular complexity index is 986. The highest BCUT2D eigenvalue weighted by Gasteiger charge is 2.33. The first-order valence-electron chi connectivity index (χ1n) is 11.9. The number of nitrogens with one attached hydrogen (secondary N) is 2. The van der Waals surface area contributed by atoms with Crippen molar-refractivity contribution in [2.45, 2.75) is 51.7 Å². The molecule has 0 spiro atoms. The van der Waals surface area contributed by atoms with Crippen LogP contribution in [0.2, 0.25) is 0 Å². The van der Waals surface area contributed by atoms with Gasteiger partial charge in [0, 0.05) is 38.3 Å². The molecule has 3 N–H and O–H groups in total. The van der Waals surface area contributed by atoms with Gasteiger partial charge in [-0.2, -0.15) is 0 Å². The summed E-state index contributed by atoms with van der Waals surface area (Å²) < 4.78 is 0. The highest BCUT2D eigenvalue weighted by atomic mass is 16.4. The SMILES string of the molecule is CC(=O)N1c2ccc(-c3ccc(CNCCN4CCCC4)cc3)cc2C(NC(=O)O)CC1C. The van der Waals surface area contributed by atoms with Gasteiger partial charge in [-0.05, 0) is 73.7 Å². The summed E-state index contributed by atoms with van der Waals surface area (Å²) in [7, 11) is 0. The van der Waals surface area contributed by atoms with Crippen LogP contribution >= 0.6 is 0 Å². The Hall–Kier alpha value is -2.90. The third kappa shape index (κ3) is 5.54. The van der Waals surface area contributed by atoms with Crippen LogP contribution in [0.25, 0.3) is 11.1 Å². The summed E-state index contributed by atoms with van der Waals surface area (Å²) in [5, 5.41) is 15.5. The van der Waals surface area contributed by atoms with Gasteiger partial charge >= 0.3 is 6.09 Å². The van der Waals surface area contributed by atoms with Gasteiger partial charge in [0.15, 0.2) is 0 Å². The van der Waals surface area contributed by atoms with E-state index in [2.05, 4.69) is 39.8 Å². The number of amides is 2. The zero-order valence-electron chi connectivity index (χ0n) is 19.5. The topological polar surface area (TPSA) is 84.9 Å². The molecule has 7 nitrogen and oxygen atoms in total. The van der Waals surface area contributed by atoms with E-state index in [0.717, 1.165) is 42.0 Å². The van der Waals surface area contributed by atoms with Crippen LogP contribution in [-0.2, 0) is 11.3 Å². The highest BCUT2D eigenvalue weighted by Crippen LogP contribution is 2.39. The number of likely N-dealkylation sites (tertiary alicyclic amines) is 1. The molecule has 0 aromatic heterocycles. The van der Waals surface area contributed by atoms with Crippen LogP contribution in [0, 0.1) is 0 Å². The Balaban J connectivity index is 1.47. The Labute approximate surface area is 195 Å². The Morgan fingerprint density at radius 3 is 2.42 bits per heavy atom. The lowest BCUT2D eigenvalue weighted by Crippen LogP contribution is -2.45. The quantitative estimate of drug-likeness (QED) is 0.556. The van der Waals surface area contributed by atoms with Crippen molar-refractivity contribution in [2.75, 3.05) is 31.1 Å². The predicted octanol–water partition coefficient (Wildman–Crippen LogP) is 3.99. The fourth-order valence-electron chi connectivity index (χ4n) is 5.10. The first-order valence-corrected chi connectivity index (χ1v) is 11.9. The third-order valence-corrected chi connectivity index (χ3v) is 6.74. The number of anilines is 1. The highest BCUT2D eigenvalue weighted by molar-refractivity contribution is 5.94. The molecule has 2 aliphatic rings. The minimum absolute atomic E-state index is 0.0353. The number of carbonyl (C=O) groups excluding carboxylic acids is 1. The van der Waals surface area contributed by atoms with Gasteiger partial charge in [-0.25, -0.2) is 4.79 Å². The van der Waals surface area contributed by atoms with E-state index in [4.69, 9.17) is 0 Å². The van der Waals surface area contributed by atoms with Crippen LogP contribution in [0.1, 0.15) is 50.3 Å². The molecule has 176 valence electrons. The van der Waals surface area contributed by atoms with Crippen LogP contribution in [0.3, 0.4) is 0 Å². The number of benzene rings is 2. The summed E-state index contributed by atoms with van der Waals surface area (Å²) in [5.41, 5.74) is 4.94. The zero-order valence-corrected chi connectivity index (χ0v) is 19.5. The van der Waals surface area contributed by atoms with E-state index in [0.29, 0.717) is 6.42 Å². The second kappa shape index (κ2) is 10.4. The molecule has 2 unspecified atom stereocenters. The molecule has 2 atom stereocenters. The number of hydrogen-bond donors (Lipinski definition) is 3. The van der Waals surface area contributed by atoms with Crippen LogP contribution in [0.4, 0.5) is 10.5 Å². The standard InChI is InChI=1S/C26H34N4O3/c1-18-15-24(28-26(32)33)23-16-22(9-10-25(23)30(18)19(2)31)21-7-5-20(6-8-21)17-27-11-14-29-12-3-4-13-29/h5-10,16,18,24,27-28H,3-4,11-15,17H2,1-2H3,(H,32,33). The third-order valence-electron chi connectivity index (χ3n) is 6.74. The van der Waals surface area contributed by atoms with Gasteiger partial charge in [0.1, 0.15) is 0 Å². The number of hydrogen-bond acceptors (Lipinski definition) is 4. The molecule has 2 aromatic rings. The van der Waals surface area contributed by atoms with Gasteiger partial charge in [-0.15, -0.1) is 0 Å². The van der Waals surface area contributed by atoms with Gasteiger partial charge < -0.3 is 25.5 Å².